The zero-order chi connectivity index (χ0) is 22.7. The van der Waals surface area contributed by atoms with Gasteiger partial charge in [-0.15, -0.1) is 13.2 Å². The Labute approximate surface area is 177 Å². The van der Waals surface area contributed by atoms with Crippen LogP contribution in [0, 0.1) is 0 Å². The minimum atomic E-state index is -4.89. The largest absolute Gasteiger partial charge is 0.573 e. The maximum atomic E-state index is 12.7. The van der Waals surface area contributed by atoms with Crippen molar-refractivity contribution in [2.75, 3.05) is 4.90 Å². The molecular formula is C18H17BrF3N3O5. The number of benzene rings is 1. The number of carboxylic acid groups (broad SMARTS) is 1. The Bertz CT molecular complexity index is 930. The number of alkyl halides is 3. The van der Waals surface area contributed by atoms with E-state index in [9.17, 15) is 22.8 Å². The fourth-order valence-electron chi connectivity index (χ4n) is 2.19. The molecule has 12 heteroatoms. The third kappa shape index (κ3) is 7.17. The predicted molar refractivity (Wildman–Crippen MR) is 102 cm³/mol. The molecule has 162 valence electrons. The number of halogens is 4. The second-order valence-corrected chi connectivity index (χ2v) is 7.90. The average molecular weight is 492 g/mol. The lowest BCUT2D eigenvalue weighted by molar-refractivity contribution is -0.274. The molecule has 30 heavy (non-hydrogen) atoms. The summed E-state index contributed by atoms with van der Waals surface area (Å²) in [6.07, 6.45) is -3.76. The van der Waals surface area contributed by atoms with E-state index in [-0.39, 0.29) is 28.1 Å². The first-order valence-corrected chi connectivity index (χ1v) is 9.14. The number of carboxylic acids is 1. The molecule has 0 bridgehead atoms. The van der Waals surface area contributed by atoms with Gasteiger partial charge in [-0.25, -0.2) is 24.5 Å². The number of carbonyl (C=O) groups excluding carboxylic acids is 1. The number of hydrogen-bond acceptors (Lipinski definition) is 6. The van der Waals surface area contributed by atoms with Gasteiger partial charge in [-0.3, -0.25) is 0 Å². The highest BCUT2D eigenvalue weighted by atomic mass is 79.9. The molecule has 0 radical (unpaired) electrons. The van der Waals surface area contributed by atoms with Crippen LogP contribution in [-0.4, -0.2) is 39.1 Å². The molecule has 0 fully saturated rings. The minimum Gasteiger partial charge on any atom is -0.478 e. The predicted octanol–water partition coefficient (Wildman–Crippen LogP) is 4.78. The van der Waals surface area contributed by atoms with Crippen LogP contribution in [-0.2, 0) is 11.3 Å². The summed E-state index contributed by atoms with van der Waals surface area (Å²) in [6, 6.07) is 3.69. The van der Waals surface area contributed by atoms with Crippen molar-refractivity contribution in [2.24, 2.45) is 0 Å². The second-order valence-electron chi connectivity index (χ2n) is 6.99. The topological polar surface area (TPSA) is 102 Å². The number of aromatic carboxylic acids is 1. The van der Waals surface area contributed by atoms with Crippen LogP contribution in [0.25, 0.3) is 0 Å². The molecule has 2 rings (SSSR count). The van der Waals surface area contributed by atoms with Crippen molar-refractivity contribution in [3.8, 4) is 5.75 Å². The van der Waals surface area contributed by atoms with Crippen LogP contribution in [0.4, 0.5) is 23.9 Å². The van der Waals surface area contributed by atoms with Gasteiger partial charge in [-0.2, -0.15) is 0 Å². The standard InChI is InChI=1S/C18H17BrF3N3O5/c1-17(2,3)30-16(28)25(15-23-7-11(8-24-15)14(26)27)9-10-4-12(19)6-13(5-10)29-18(20,21)22/h4-8H,9H2,1-3H3,(H,26,27). The van der Waals surface area contributed by atoms with Crippen molar-refractivity contribution in [3.63, 3.8) is 0 Å². The van der Waals surface area contributed by atoms with E-state index < -0.39 is 29.8 Å². The van der Waals surface area contributed by atoms with Crippen molar-refractivity contribution < 1.29 is 37.3 Å². The fourth-order valence-corrected chi connectivity index (χ4v) is 2.71. The van der Waals surface area contributed by atoms with Gasteiger partial charge in [0.1, 0.15) is 11.4 Å². The lowest BCUT2D eigenvalue weighted by Crippen LogP contribution is -2.37. The van der Waals surface area contributed by atoms with E-state index in [1.165, 1.54) is 6.07 Å². The monoisotopic (exact) mass is 491 g/mol. The molecule has 0 unspecified atom stereocenters. The van der Waals surface area contributed by atoms with Gasteiger partial charge in [0.2, 0.25) is 5.95 Å². The Morgan fingerprint density at radius 1 is 1.13 bits per heavy atom. The van der Waals surface area contributed by atoms with Crippen molar-refractivity contribution in [3.05, 3.63) is 46.2 Å². The number of rotatable bonds is 5. The van der Waals surface area contributed by atoms with E-state index in [2.05, 4.69) is 30.6 Å². The Hall–Kier alpha value is -2.89. The van der Waals surface area contributed by atoms with E-state index >= 15 is 0 Å². The Morgan fingerprint density at radius 2 is 1.73 bits per heavy atom. The molecule has 0 aliphatic heterocycles. The second kappa shape index (κ2) is 8.86. The van der Waals surface area contributed by atoms with Crippen molar-refractivity contribution in [1.29, 1.82) is 0 Å². The third-order valence-corrected chi connectivity index (χ3v) is 3.70. The number of nitrogens with zero attached hydrogens (tertiary/aromatic N) is 3. The van der Waals surface area contributed by atoms with Crippen LogP contribution in [0.15, 0.2) is 35.1 Å². The van der Waals surface area contributed by atoms with Gasteiger partial charge in [0, 0.05) is 16.9 Å². The zero-order valence-corrected chi connectivity index (χ0v) is 17.6. The molecule has 0 spiro atoms. The first kappa shape index (κ1) is 23.4. The molecule has 0 saturated carbocycles. The molecule has 0 saturated heterocycles. The first-order chi connectivity index (χ1) is 13.7. The molecule has 8 nitrogen and oxygen atoms in total. The average Bonchev–Trinajstić information content (AvgIpc) is 2.56. The van der Waals surface area contributed by atoms with E-state index in [1.54, 1.807) is 20.8 Å². The summed E-state index contributed by atoms with van der Waals surface area (Å²) >= 11 is 3.10. The lowest BCUT2D eigenvalue weighted by Gasteiger charge is -2.26. The van der Waals surface area contributed by atoms with Gasteiger partial charge >= 0.3 is 18.4 Å². The summed E-state index contributed by atoms with van der Waals surface area (Å²) in [5, 5.41) is 8.97. The molecule has 1 aromatic heterocycles. The van der Waals surface area contributed by atoms with E-state index in [1.807, 2.05) is 0 Å². The van der Waals surface area contributed by atoms with Gasteiger partial charge in [0.25, 0.3) is 0 Å². The highest BCUT2D eigenvalue weighted by Crippen LogP contribution is 2.28. The Morgan fingerprint density at radius 3 is 2.23 bits per heavy atom. The quantitative estimate of drug-likeness (QED) is 0.641. The number of amides is 1. The highest BCUT2D eigenvalue weighted by Gasteiger charge is 2.32. The first-order valence-electron chi connectivity index (χ1n) is 8.34. The van der Waals surface area contributed by atoms with Crippen LogP contribution < -0.4 is 9.64 Å². The summed E-state index contributed by atoms with van der Waals surface area (Å²) in [7, 11) is 0. The number of hydrogen-bond donors (Lipinski definition) is 1. The number of ether oxygens (including phenoxy) is 2. The summed E-state index contributed by atoms with van der Waals surface area (Å²) in [4.78, 5) is 32.3. The third-order valence-electron chi connectivity index (χ3n) is 3.25. The maximum absolute atomic E-state index is 12.7. The molecule has 1 heterocycles. The number of aromatic nitrogens is 2. The van der Waals surface area contributed by atoms with Crippen LogP contribution in [0.3, 0.4) is 0 Å². The van der Waals surface area contributed by atoms with Crippen LogP contribution in [0.5, 0.6) is 5.75 Å². The minimum absolute atomic E-state index is 0.187. The van der Waals surface area contributed by atoms with Gasteiger partial charge in [0.15, 0.2) is 0 Å². The normalized spacial score (nSPS) is 11.7. The molecular weight excluding hydrogens is 475 g/mol. The summed E-state index contributed by atoms with van der Waals surface area (Å²) in [5.74, 6) is -1.93. The highest BCUT2D eigenvalue weighted by molar-refractivity contribution is 9.10. The maximum Gasteiger partial charge on any atom is 0.573 e. The zero-order valence-electron chi connectivity index (χ0n) is 16.0. The summed E-state index contributed by atoms with van der Waals surface area (Å²) < 4.78 is 47.2. The number of anilines is 1. The van der Waals surface area contributed by atoms with E-state index in [4.69, 9.17) is 9.84 Å². The van der Waals surface area contributed by atoms with Crippen molar-refractivity contribution in [2.45, 2.75) is 39.3 Å². The van der Waals surface area contributed by atoms with Gasteiger partial charge in [-0.1, -0.05) is 15.9 Å². The summed E-state index contributed by atoms with van der Waals surface area (Å²) in [6.45, 7) is 4.62. The molecule has 0 aliphatic rings. The van der Waals surface area contributed by atoms with Crippen LogP contribution in [0.1, 0.15) is 36.7 Å². The van der Waals surface area contributed by atoms with Gasteiger partial charge < -0.3 is 14.6 Å². The van der Waals surface area contributed by atoms with Gasteiger partial charge in [-0.05, 0) is 44.5 Å². The van der Waals surface area contributed by atoms with Crippen molar-refractivity contribution in [1.82, 2.24) is 9.97 Å². The fraction of sp³-hybridized carbons (Fsp3) is 0.333. The van der Waals surface area contributed by atoms with Gasteiger partial charge in [0.05, 0.1) is 12.1 Å². The Balaban J connectivity index is 2.40. The SMILES string of the molecule is CC(C)(C)OC(=O)N(Cc1cc(Br)cc(OC(F)(F)F)c1)c1ncc(C(=O)O)cn1. The molecule has 2 aromatic rings. The van der Waals surface area contributed by atoms with Crippen LogP contribution in [0.2, 0.25) is 0 Å². The molecule has 1 N–H and O–H groups in total. The lowest BCUT2D eigenvalue weighted by atomic mass is 10.2. The molecule has 1 aromatic carbocycles. The van der Waals surface area contributed by atoms with Crippen molar-refractivity contribution >= 4 is 33.9 Å². The number of carbonyl (C=O) groups is 2. The summed E-state index contributed by atoms with van der Waals surface area (Å²) in [5.41, 5.74) is -0.829. The van der Waals surface area contributed by atoms with Crippen LogP contribution >= 0.6 is 15.9 Å². The smallest absolute Gasteiger partial charge is 0.478 e. The Kier molecular flexibility index (Phi) is 6.91. The molecule has 0 aliphatic carbocycles. The van der Waals surface area contributed by atoms with E-state index in [0.717, 1.165) is 29.4 Å². The molecule has 0 atom stereocenters. The molecule has 1 amide bonds. The van der Waals surface area contributed by atoms with E-state index in [0.29, 0.717) is 0 Å².